The number of nitrogens with zero attached hydrogens (tertiary/aromatic N) is 2. The highest BCUT2D eigenvalue weighted by atomic mass is 79.9. The van der Waals surface area contributed by atoms with E-state index in [9.17, 15) is 14.5 Å². The summed E-state index contributed by atoms with van der Waals surface area (Å²) in [5.41, 5.74) is 1.35. The molecule has 0 spiro atoms. The van der Waals surface area contributed by atoms with E-state index in [-0.39, 0.29) is 17.3 Å². The summed E-state index contributed by atoms with van der Waals surface area (Å²) in [5, 5.41) is 11.5. The van der Waals surface area contributed by atoms with E-state index in [1.54, 1.807) is 13.1 Å². The zero-order valence-corrected chi connectivity index (χ0v) is 12.1. The Morgan fingerprint density at radius 2 is 2.20 bits per heavy atom. The van der Waals surface area contributed by atoms with Crippen molar-refractivity contribution in [2.24, 2.45) is 0 Å². The van der Waals surface area contributed by atoms with E-state index in [2.05, 4.69) is 20.9 Å². The fourth-order valence-corrected chi connectivity index (χ4v) is 1.93. The Labute approximate surface area is 122 Å². The number of rotatable bonds is 4. The fraction of sp³-hybridized carbons (Fsp3) is 0.154. The maximum absolute atomic E-state index is 13.2. The van der Waals surface area contributed by atoms with Gasteiger partial charge in [-0.05, 0) is 24.6 Å². The Hall–Kier alpha value is -2.02. The molecule has 0 fully saturated rings. The van der Waals surface area contributed by atoms with Crippen LogP contribution in [0.1, 0.15) is 11.1 Å². The average Bonchev–Trinajstić information content (AvgIpc) is 2.40. The lowest BCUT2D eigenvalue weighted by atomic mass is 10.2. The van der Waals surface area contributed by atoms with Gasteiger partial charge in [-0.2, -0.15) is 0 Å². The van der Waals surface area contributed by atoms with Crippen molar-refractivity contribution >= 4 is 21.6 Å². The van der Waals surface area contributed by atoms with Gasteiger partial charge in [-0.15, -0.1) is 0 Å². The van der Waals surface area contributed by atoms with Crippen molar-refractivity contribution in [1.82, 2.24) is 4.98 Å². The molecular formula is C13H10BrFN2O3. The number of benzene rings is 1. The highest BCUT2D eigenvalue weighted by molar-refractivity contribution is 9.08. The first-order chi connectivity index (χ1) is 9.51. The summed E-state index contributed by atoms with van der Waals surface area (Å²) < 4.78 is 18.6. The Kier molecular flexibility index (Phi) is 4.29. The molecule has 20 heavy (non-hydrogen) atoms. The molecule has 0 aliphatic heterocycles. The number of aryl methyl sites for hydroxylation is 1. The van der Waals surface area contributed by atoms with E-state index >= 15 is 0 Å². The van der Waals surface area contributed by atoms with Gasteiger partial charge in [0.2, 0.25) is 11.6 Å². The van der Waals surface area contributed by atoms with Crippen LogP contribution in [-0.4, -0.2) is 9.91 Å². The fourth-order valence-electron chi connectivity index (χ4n) is 1.63. The van der Waals surface area contributed by atoms with Crippen LogP contribution in [0.25, 0.3) is 0 Å². The van der Waals surface area contributed by atoms with Crippen LogP contribution in [-0.2, 0) is 5.33 Å². The molecule has 0 bridgehead atoms. The zero-order valence-electron chi connectivity index (χ0n) is 10.5. The first-order valence-corrected chi connectivity index (χ1v) is 6.76. The number of aromatic nitrogens is 1. The standard InChI is InChI=1S/C13H10BrFN2O3/c1-8-4-9(6-14)7-16-13(8)20-12-5-10(15)2-3-11(12)17(18)19/h2-5,7H,6H2,1H3. The topological polar surface area (TPSA) is 65.3 Å². The molecule has 1 aromatic heterocycles. The summed E-state index contributed by atoms with van der Waals surface area (Å²) in [6, 6.07) is 4.88. The predicted molar refractivity (Wildman–Crippen MR) is 74.7 cm³/mol. The molecule has 0 N–H and O–H groups in total. The highest BCUT2D eigenvalue weighted by Crippen LogP contribution is 2.32. The van der Waals surface area contributed by atoms with Crippen molar-refractivity contribution in [2.45, 2.75) is 12.3 Å². The van der Waals surface area contributed by atoms with Gasteiger partial charge in [0.15, 0.2) is 0 Å². The summed E-state index contributed by atoms with van der Waals surface area (Å²) in [7, 11) is 0. The summed E-state index contributed by atoms with van der Waals surface area (Å²) in [6.07, 6.45) is 1.59. The molecule has 5 nitrogen and oxygen atoms in total. The third kappa shape index (κ3) is 3.11. The number of nitro groups is 1. The molecule has 104 valence electrons. The molecule has 0 aliphatic carbocycles. The molecule has 2 rings (SSSR count). The Balaban J connectivity index is 2.39. The third-order valence-corrected chi connectivity index (χ3v) is 3.21. The first kappa shape index (κ1) is 14.4. The third-order valence-electron chi connectivity index (χ3n) is 2.57. The Morgan fingerprint density at radius 1 is 1.45 bits per heavy atom. The minimum absolute atomic E-state index is 0.169. The van der Waals surface area contributed by atoms with Crippen molar-refractivity contribution in [3.8, 4) is 11.6 Å². The van der Waals surface area contributed by atoms with Crippen LogP contribution in [0, 0.1) is 22.9 Å². The van der Waals surface area contributed by atoms with Gasteiger partial charge in [0.1, 0.15) is 5.82 Å². The van der Waals surface area contributed by atoms with Crippen LogP contribution in [0.15, 0.2) is 30.5 Å². The predicted octanol–water partition coefficient (Wildman–Crippen LogP) is 4.12. The second-order valence-corrected chi connectivity index (χ2v) is 4.63. The van der Waals surface area contributed by atoms with E-state index in [4.69, 9.17) is 4.74 Å². The molecule has 2 aromatic rings. The van der Waals surface area contributed by atoms with Crippen molar-refractivity contribution in [3.63, 3.8) is 0 Å². The number of ether oxygens (including phenoxy) is 1. The number of nitro benzene ring substituents is 1. The van der Waals surface area contributed by atoms with Crippen LogP contribution in [0.2, 0.25) is 0 Å². The van der Waals surface area contributed by atoms with Crippen molar-refractivity contribution in [3.05, 3.63) is 57.5 Å². The van der Waals surface area contributed by atoms with Crippen molar-refractivity contribution < 1.29 is 14.1 Å². The molecule has 0 amide bonds. The highest BCUT2D eigenvalue weighted by Gasteiger charge is 2.18. The summed E-state index contributed by atoms with van der Waals surface area (Å²) in [4.78, 5) is 14.3. The quantitative estimate of drug-likeness (QED) is 0.477. The lowest BCUT2D eigenvalue weighted by Crippen LogP contribution is -1.97. The second-order valence-electron chi connectivity index (χ2n) is 4.07. The lowest BCUT2D eigenvalue weighted by molar-refractivity contribution is -0.385. The van der Waals surface area contributed by atoms with Gasteiger partial charge in [0.25, 0.3) is 0 Å². The largest absolute Gasteiger partial charge is 0.431 e. The number of alkyl halides is 1. The number of hydrogen-bond donors (Lipinski definition) is 0. The van der Waals surface area contributed by atoms with Gasteiger partial charge in [-0.1, -0.05) is 15.9 Å². The van der Waals surface area contributed by atoms with Gasteiger partial charge in [-0.3, -0.25) is 10.1 Å². The molecule has 1 aromatic carbocycles. The van der Waals surface area contributed by atoms with Crippen LogP contribution in [0.5, 0.6) is 11.6 Å². The maximum Gasteiger partial charge on any atom is 0.311 e. The van der Waals surface area contributed by atoms with E-state index in [1.165, 1.54) is 0 Å². The van der Waals surface area contributed by atoms with Gasteiger partial charge < -0.3 is 4.74 Å². The molecule has 0 saturated carbocycles. The molecule has 1 heterocycles. The van der Waals surface area contributed by atoms with Crippen LogP contribution in [0.3, 0.4) is 0 Å². The van der Waals surface area contributed by atoms with Gasteiger partial charge in [-0.25, -0.2) is 9.37 Å². The minimum Gasteiger partial charge on any atom is -0.431 e. The molecule has 0 atom stereocenters. The van der Waals surface area contributed by atoms with E-state index < -0.39 is 10.7 Å². The van der Waals surface area contributed by atoms with Gasteiger partial charge in [0.05, 0.1) is 4.92 Å². The van der Waals surface area contributed by atoms with Crippen LogP contribution in [0.4, 0.5) is 10.1 Å². The molecule has 7 heteroatoms. The van der Waals surface area contributed by atoms with Crippen molar-refractivity contribution in [2.75, 3.05) is 0 Å². The van der Waals surface area contributed by atoms with E-state index in [0.717, 1.165) is 23.8 Å². The van der Waals surface area contributed by atoms with Gasteiger partial charge >= 0.3 is 5.69 Å². The summed E-state index contributed by atoms with van der Waals surface area (Å²) >= 11 is 3.30. The molecule has 0 saturated heterocycles. The van der Waals surface area contributed by atoms with E-state index in [1.807, 2.05) is 6.07 Å². The Morgan fingerprint density at radius 3 is 2.80 bits per heavy atom. The molecular weight excluding hydrogens is 331 g/mol. The monoisotopic (exact) mass is 340 g/mol. The SMILES string of the molecule is Cc1cc(CBr)cnc1Oc1cc(F)ccc1[N+](=O)[O-]. The smallest absolute Gasteiger partial charge is 0.311 e. The second kappa shape index (κ2) is 5.96. The minimum atomic E-state index is -0.628. The summed E-state index contributed by atoms with van der Waals surface area (Å²) in [6.45, 7) is 1.76. The average molecular weight is 341 g/mol. The molecule has 0 aliphatic rings. The Bertz CT molecular complexity index is 664. The summed E-state index contributed by atoms with van der Waals surface area (Å²) in [5.74, 6) is -0.569. The molecule has 0 unspecified atom stereocenters. The lowest BCUT2D eigenvalue weighted by Gasteiger charge is -2.08. The van der Waals surface area contributed by atoms with Gasteiger partial charge in [0, 0.05) is 29.2 Å². The maximum atomic E-state index is 13.2. The van der Waals surface area contributed by atoms with Crippen molar-refractivity contribution in [1.29, 1.82) is 0 Å². The number of halogens is 2. The number of hydrogen-bond acceptors (Lipinski definition) is 4. The number of pyridine rings is 1. The zero-order chi connectivity index (χ0) is 14.7. The molecule has 0 radical (unpaired) electrons. The van der Waals surface area contributed by atoms with Crippen LogP contribution < -0.4 is 4.74 Å². The first-order valence-electron chi connectivity index (χ1n) is 5.64. The van der Waals surface area contributed by atoms with E-state index in [0.29, 0.717) is 10.9 Å². The normalized spacial score (nSPS) is 10.3. The van der Waals surface area contributed by atoms with Crippen LogP contribution >= 0.6 is 15.9 Å².